The number of nitrogens with two attached hydrogens (primary N) is 1. The second-order valence-electron chi connectivity index (χ2n) is 3.30. The normalized spacial score (nSPS) is 9.47. The van der Waals surface area contributed by atoms with Gasteiger partial charge in [-0.2, -0.15) is 0 Å². The summed E-state index contributed by atoms with van der Waals surface area (Å²) in [5.74, 6) is -0.605. The van der Waals surface area contributed by atoms with Crippen molar-refractivity contribution in [2.45, 2.75) is 6.92 Å². The van der Waals surface area contributed by atoms with Gasteiger partial charge in [0.15, 0.2) is 11.9 Å². The largest absolute Gasteiger partial charge is 0.370 e. The lowest BCUT2D eigenvalue weighted by Gasteiger charge is -2.10. The lowest BCUT2D eigenvalue weighted by Crippen LogP contribution is -2.39. The number of anilines is 1. The smallest absolute Gasteiger partial charge is 0.271 e. The van der Waals surface area contributed by atoms with Crippen molar-refractivity contribution in [2.75, 3.05) is 5.32 Å². The first-order chi connectivity index (χ1) is 7.90. The first kappa shape index (κ1) is 12.4. The molecule has 0 unspecified atom stereocenters. The molecule has 8 nitrogen and oxygen atoms in total. The summed E-state index contributed by atoms with van der Waals surface area (Å²) >= 11 is 0. The highest BCUT2D eigenvalue weighted by molar-refractivity contribution is 6.02. The van der Waals surface area contributed by atoms with E-state index in [1.807, 2.05) is 0 Å². The van der Waals surface area contributed by atoms with Crippen LogP contribution in [0.15, 0.2) is 18.2 Å². The fourth-order valence-electron chi connectivity index (χ4n) is 1.16. The lowest BCUT2D eigenvalue weighted by molar-refractivity contribution is -0.384. The SMILES string of the molecule is Cc1ccc([N+](=O)[O-])cc1NC(=N)NC(=N)N. The summed E-state index contributed by atoms with van der Waals surface area (Å²) in [5.41, 5.74) is 6.13. The van der Waals surface area contributed by atoms with E-state index >= 15 is 0 Å². The molecule has 17 heavy (non-hydrogen) atoms. The Morgan fingerprint density at radius 2 is 2.12 bits per heavy atom. The van der Waals surface area contributed by atoms with Crippen LogP contribution in [0, 0.1) is 27.9 Å². The fraction of sp³-hybridized carbons (Fsp3) is 0.111. The van der Waals surface area contributed by atoms with Crippen molar-refractivity contribution >= 4 is 23.3 Å². The van der Waals surface area contributed by atoms with Crippen LogP contribution in [0.3, 0.4) is 0 Å². The van der Waals surface area contributed by atoms with Crippen LogP contribution in [0.5, 0.6) is 0 Å². The highest BCUT2D eigenvalue weighted by Crippen LogP contribution is 2.21. The zero-order chi connectivity index (χ0) is 13.0. The molecule has 8 heteroatoms. The topological polar surface area (TPSA) is 141 Å². The summed E-state index contributed by atoms with van der Waals surface area (Å²) in [6.45, 7) is 1.74. The molecule has 0 aliphatic rings. The second kappa shape index (κ2) is 4.92. The molecule has 0 aliphatic heterocycles. The molecule has 0 aliphatic carbocycles. The quantitative estimate of drug-likeness (QED) is 0.223. The van der Waals surface area contributed by atoms with Gasteiger partial charge >= 0.3 is 0 Å². The van der Waals surface area contributed by atoms with Gasteiger partial charge in [0.2, 0.25) is 0 Å². The van der Waals surface area contributed by atoms with Gasteiger partial charge in [0.25, 0.3) is 5.69 Å². The summed E-state index contributed by atoms with van der Waals surface area (Å²) in [5, 5.41) is 29.7. The zero-order valence-electron chi connectivity index (χ0n) is 9.07. The van der Waals surface area contributed by atoms with Gasteiger partial charge in [-0.05, 0) is 12.5 Å². The third kappa shape index (κ3) is 3.45. The van der Waals surface area contributed by atoms with Crippen LogP contribution >= 0.6 is 0 Å². The van der Waals surface area contributed by atoms with E-state index in [1.54, 1.807) is 13.0 Å². The predicted molar refractivity (Wildman–Crippen MR) is 64.2 cm³/mol. The van der Waals surface area contributed by atoms with Crippen LogP contribution in [0.25, 0.3) is 0 Å². The molecule has 0 spiro atoms. The van der Waals surface area contributed by atoms with Crippen molar-refractivity contribution in [1.29, 1.82) is 10.8 Å². The van der Waals surface area contributed by atoms with E-state index in [4.69, 9.17) is 16.6 Å². The summed E-state index contributed by atoms with van der Waals surface area (Å²) in [4.78, 5) is 10.1. The number of aryl methyl sites for hydroxylation is 1. The van der Waals surface area contributed by atoms with E-state index in [0.717, 1.165) is 5.56 Å². The molecular formula is C9H12N6O2. The van der Waals surface area contributed by atoms with E-state index in [9.17, 15) is 10.1 Å². The van der Waals surface area contributed by atoms with Gasteiger partial charge in [-0.3, -0.25) is 26.2 Å². The minimum absolute atomic E-state index is 0.0753. The van der Waals surface area contributed by atoms with E-state index in [-0.39, 0.29) is 17.6 Å². The van der Waals surface area contributed by atoms with E-state index in [2.05, 4.69) is 10.6 Å². The van der Waals surface area contributed by atoms with Crippen LogP contribution in [-0.4, -0.2) is 16.8 Å². The molecule has 6 N–H and O–H groups in total. The van der Waals surface area contributed by atoms with Crippen molar-refractivity contribution in [3.63, 3.8) is 0 Å². The Morgan fingerprint density at radius 3 is 2.65 bits per heavy atom. The van der Waals surface area contributed by atoms with Crippen molar-refractivity contribution in [3.8, 4) is 0 Å². The maximum atomic E-state index is 10.6. The average molecular weight is 236 g/mol. The maximum absolute atomic E-state index is 10.6. The van der Waals surface area contributed by atoms with Crippen molar-refractivity contribution in [2.24, 2.45) is 5.73 Å². The molecule has 0 saturated carbocycles. The number of nitro groups is 1. The number of benzene rings is 1. The summed E-state index contributed by atoms with van der Waals surface area (Å²) in [7, 11) is 0. The molecule has 0 aromatic heterocycles. The fourth-order valence-corrected chi connectivity index (χ4v) is 1.16. The molecule has 0 bridgehead atoms. The zero-order valence-corrected chi connectivity index (χ0v) is 9.07. The van der Waals surface area contributed by atoms with E-state index in [1.165, 1.54) is 12.1 Å². The van der Waals surface area contributed by atoms with Crippen molar-refractivity contribution in [1.82, 2.24) is 5.32 Å². The third-order valence-corrected chi connectivity index (χ3v) is 1.95. The minimum Gasteiger partial charge on any atom is -0.370 e. The number of nitrogens with one attached hydrogen (secondary N) is 4. The van der Waals surface area contributed by atoms with Gasteiger partial charge in [-0.25, -0.2) is 0 Å². The standard InChI is InChI=1S/C9H12N6O2/c1-5-2-3-6(15(16)17)4-7(5)13-9(12)14-8(10)11/h2-4H,1H3,(H6,10,11,12,13,14). The van der Waals surface area contributed by atoms with Gasteiger partial charge in [-0.1, -0.05) is 6.07 Å². The molecule has 0 heterocycles. The molecule has 0 fully saturated rings. The molecule has 1 rings (SSSR count). The van der Waals surface area contributed by atoms with E-state index < -0.39 is 4.92 Å². The average Bonchev–Trinajstić information content (AvgIpc) is 2.19. The van der Waals surface area contributed by atoms with Gasteiger partial charge in [0, 0.05) is 12.1 Å². The van der Waals surface area contributed by atoms with E-state index in [0.29, 0.717) is 5.69 Å². The molecule has 0 amide bonds. The third-order valence-electron chi connectivity index (χ3n) is 1.95. The molecule has 0 radical (unpaired) electrons. The van der Waals surface area contributed by atoms with Crippen LogP contribution < -0.4 is 16.4 Å². The van der Waals surface area contributed by atoms with Crippen LogP contribution in [0.2, 0.25) is 0 Å². The summed E-state index contributed by atoms with van der Waals surface area (Å²) in [6.07, 6.45) is 0. The van der Waals surface area contributed by atoms with Crippen molar-refractivity contribution in [3.05, 3.63) is 33.9 Å². The van der Waals surface area contributed by atoms with Gasteiger partial charge in [0.1, 0.15) is 0 Å². The minimum atomic E-state index is -0.521. The summed E-state index contributed by atoms with van der Waals surface area (Å²) < 4.78 is 0. The maximum Gasteiger partial charge on any atom is 0.271 e. The predicted octanol–water partition coefficient (Wildman–Crippen LogP) is 0.733. The number of rotatable bonds is 2. The number of nitrogens with zero attached hydrogens (tertiary/aromatic N) is 1. The Kier molecular flexibility index (Phi) is 3.60. The number of hydrogen-bond acceptors (Lipinski definition) is 4. The Hall–Kier alpha value is -2.64. The first-order valence-electron chi connectivity index (χ1n) is 4.62. The molecule has 0 atom stereocenters. The highest BCUT2D eigenvalue weighted by atomic mass is 16.6. The molecule has 90 valence electrons. The van der Waals surface area contributed by atoms with Crippen LogP contribution in [0.1, 0.15) is 5.56 Å². The second-order valence-corrected chi connectivity index (χ2v) is 3.30. The lowest BCUT2D eigenvalue weighted by atomic mass is 10.2. The number of guanidine groups is 2. The Morgan fingerprint density at radius 1 is 1.47 bits per heavy atom. The van der Waals surface area contributed by atoms with Gasteiger partial charge in [-0.15, -0.1) is 0 Å². The number of non-ortho nitro benzene ring substituents is 1. The number of nitro benzene ring substituents is 1. The van der Waals surface area contributed by atoms with Crippen LogP contribution in [-0.2, 0) is 0 Å². The van der Waals surface area contributed by atoms with Gasteiger partial charge in [0.05, 0.1) is 10.6 Å². The van der Waals surface area contributed by atoms with Crippen LogP contribution in [0.4, 0.5) is 11.4 Å². The Balaban J connectivity index is 2.90. The molecular weight excluding hydrogens is 224 g/mol. The van der Waals surface area contributed by atoms with Gasteiger partial charge < -0.3 is 11.1 Å². The molecule has 1 aromatic rings. The first-order valence-corrected chi connectivity index (χ1v) is 4.62. The Bertz CT molecular complexity index is 484. The Labute approximate surface area is 97.0 Å². The highest BCUT2D eigenvalue weighted by Gasteiger charge is 2.09. The van der Waals surface area contributed by atoms with Crippen molar-refractivity contribution < 1.29 is 4.92 Å². The number of hydrogen-bond donors (Lipinski definition) is 5. The monoisotopic (exact) mass is 236 g/mol. The summed E-state index contributed by atoms with van der Waals surface area (Å²) in [6, 6.07) is 4.26. The molecule has 0 saturated heterocycles. The molecule has 1 aromatic carbocycles.